The predicted octanol–water partition coefficient (Wildman–Crippen LogP) is 3.98. The Bertz CT molecular complexity index is 484. The molecule has 1 aromatic carbocycles. The quantitative estimate of drug-likeness (QED) is 0.894. The summed E-state index contributed by atoms with van der Waals surface area (Å²) in [6.45, 7) is 9.79. The van der Waals surface area contributed by atoms with Crippen LogP contribution in [0.2, 0.25) is 0 Å². The molecule has 0 spiro atoms. The predicted molar refractivity (Wildman–Crippen MR) is 89.1 cm³/mol. The summed E-state index contributed by atoms with van der Waals surface area (Å²) in [5.74, 6) is 1.32. The fourth-order valence-corrected chi connectivity index (χ4v) is 2.75. The van der Waals surface area contributed by atoms with Crippen LogP contribution in [0, 0.1) is 5.92 Å². The first-order chi connectivity index (χ1) is 10.5. The van der Waals surface area contributed by atoms with E-state index in [1.54, 1.807) is 0 Å². The Morgan fingerprint density at radius 2 is 2.00 bits per heavy atom. The molecule has 22 heavy (non-hydrogen) atoms. The zero-order valence-corrected chi connectivity index (χ0v) is 14.1. The minimum Gasteiger partial charge on any atom is -0.494 e. The van der Waals surface area contributed by atoms with Gasteiger partial charge in [-0.15, -0.1) is 0 Å². The van der Waals surface area contributed by atoms with Gasteiger partial charge in [-0.05, 0) is 50.3 Å². The molecule has 1 N–H and O–H groups in total. The molecular weight excluding hydrogens is 276 g/mol. The number of hydrogen-bond donors (Lipinski definition) is 1. The Balaban J connectivity index is 2.05. The van der Waals surface area contributed by atoms with Crippen LogP contribution in [-0.2, 0) is 0 Å². The Morgan fingerprint density at radius 3 is 2.59 bits per heavy atom. The maximum Gasteiger partial charge on any atom is 0.318 e. The maximum atomic E-state index is 12.5. The van der Waals surface area contributed by atoms with Crippen molar-refractivity contribution in [3.05, 3.63) is 29.8 Å². The molecule has 1 fully saturated rings. The van der Waals surface area contributed by atoms with E-state index in [4.69, 9.17) is 4.74 Å². The van der Waals surface area contributed by atoms with E-state index < -0.39 is 0 Å². The highest BCUT2D eigenvalue weighted by Gasteiger charge is 2.30. The molecule has 0 aromatic heterocycles. The highest BCUT2D eigenvalue weighted by Crippen LogP contribution is 2.32. The second-order valence-electron chi connectivity index (χ2n) is 6.34. The summed E-state index contributed by atoms with van der Waals surface area (Å²) in [7, 11) is 0. The minimum atomic E-state index is 0.0533. The third kappa shape index (κ3) is 3.93. The second kappa shape index (κ2) is 7.52. The number of nitrogens with one attached hydrogen (secondary N) is 1. The molecule has 0 aliphatic carbocycles. The van der Waals surface area contributed by atoms with Crippen molar-refractivity contribution in [3.8, 4) is 5.75 Å². The largest absolute Gasteiger partial charge is 0.494 e. The smallest absolute Gasteiger partial charge is 0.318 e. The van der Waals surface area contributed by atoms with Crippen molar-refractivity contribution < 1.29 is 9.53 Å². The summed E-state index contributed by atoms with van der Waals surface area (Å²) in [5, 5.41) is 3.11. The number of amides is 2. The standard InChI is InChI=1S/C18H28N2O2/c1-5-22-16-10-8-15(9-11-16)17-7-6-12-20(17)18(21)19-14(4)13(2)3/h8-11,13-14,17H,5-7,12H2,1-4H3,(H,19,21). The molecule has 2 unspecified atom stereocenters. The second-order valence-corrected chi connectivity index (χ2v) is 6.34. The molecule has 1 aromatic rings. The lowest BCUT2D eigenvalue weighted by Crippen LogP contribution is -2.45. The van der Waals surface area contributed by atoms with Gasteiger partial charge in [-0.2, -0.15) is 0 Å². The summed E-state index contributed by atoms with van der Waals surface area (Å²) < 4.78 is 5.48. The summed E-state index contributed by atoms with van der Waals surface area (Å²) in [4.78, 5) is 14.5. The Kier molecular flexibility index (Phi) is 5.69. The van der Waals surface area contributed by atoms with Gasteiger partial charge in [0.2, 0.25) is 0 Å². The van der Waals surface area contributed by atoms with Crippen LogP contribution in [0.15, 0.2) is 24.3 Å². The lowest BCUT2D eigenvalue weighted by atomic mass is 10.0. The summed E-state index contributed by atoms with van der Waals surface area (Å²) in [6.07, 6.45) is 2.08. The number of hydrogen-bond acceptors (Lipinski definition) is 2. The van der Waals surface area contributed by atoms with Crippen molar-refractivity contribution in [1.82, 2.24) is 10.2 Å². The molecular formula is C18H28N2O2. The lowest BCUT2D eigenvalue weighted by Gasteiger charge is -2.28. The molecule has 1 aliphatic rings. The van der Waals surface area contributed by atoms with Gasteiger partial charge in [0.1, 0.15) is 5.75 Å². The van der Waals surface area contributed by atoms with Crippen LogP contribution in [0.5, 0.6) is 5.75 Å². The Hall–Kier alpha value is -1.71. The van der Waals surface area contributed by atoms with Gasteiger partial charge in [0.15, 0.2) is 0 Å². The van der Waals surface area contributed by atoms with Crippen molar-refractivity contribution in [1.29, 1.82) is 0 Å². The molecule has 4 nitrogen and oxygen atoms in total. The van der Waals surface area contributed by atoms with Crippen molar-refractivity contribution in [2.75, 3.05) is 13.2 Å². The fourth-order valence-electron chi connectivity index (χ4n) is 2.75. The van der Waals surface area contributed by atoms with Crippen LogP contribution in [0.1, 0.15) is 52.1 Å². The zero-order valence-electron chi connectivity index (χ0n) is 14.1. The zero-order chi connectivity index (χ0) is 16.1. The lowest BCUT2D eigenvalue weighted by molar-refractivity contribution is 0.186. The SMILES string of the molecule is CCOc1ccc(C2CCCN2C(=O)NC(C)C(C)C)cc1. The number of ether oxygens (including phenoxy) is 1. The fraction of sp³-hybridized carbons (Fsp3) is 0.611. The van der Waals surface area contributed by atoms with Crippen LogP contribution in [-0.4, -0.2) is 30.1 Å². The third-order valence-corrected chi connectivity index (χ3v) is 4.44. The van der Waals surface area contributed by atoms with Gasteiger partial charge in [0.25, 0.3) is 0 Å². The summed E-state index contributed by atoms with van der Waals surface area (Å²) >= 11 is 0. The van der Waals surface area contributed by atoms with E-state index in [-0.39, 0.29) is 18.1 Å². The van der Waals surface area contributed by atoms with Crippen molar-refractivity contribution in [3.63, 3.8) is 0 Å². The molecule has 1 saturated heterocycles. The van der Waals surface area contributed by atoms with E-state index in [0.717, 1.165) is 25.1 Å². The third-order valence-electron chi connectivity index (χ3n) is 4.44. The molecule has 122 valence electrons. The molecule has 2 amide bonds. The van der Waals surface area contributed by atoms with Gasteiger partial charge in [0, 0.05) is 12.6 Å². The number of benzene rings is 1. The van der Waals surface area contributed by atoms with Crippen LogP contribution in [0.4, 0.5) is 4.79 Å². The molecule has 2 rings (SSSR count). The average Bonchev–Trinajstić information content (AvgIpc) is 2.97. The van der Waals surface area contributed by atoms with Crippen LogP contribution >= 0.6 is 0 Å². The molecule has 0 saturated carbocycles. The van der Waals surface area contributed by atoms with Crippen molar-refractivity contribution >= 4 is 6.03 Å². The Morgan fingerprint density at radius 1 is 1.32 bits per heavy atom. The normalized spacial score (nSPS) is 19.3. The van der Waals surface area contributed by atoms with Gasteiger partial charge >= 0.3 is 6.03 Å². The average molecular weight is 304 g/mol. The van der Waals surface area contributed by atoms with Gasteiger partial charge in [-0.25, -0.2) is 4.79 Å². The topological polar surface area (TPSA) is 41.6 Å². The van der Waals surface area contributed by atoms with E-state index in [0.29, 0.717) is 12.5 Å². The highest BCUT2D eigenvalue weighted by molar-refractivity contribution is 5.75. The van der Waals surface area contributed by atoms with E-state index in [9.17, 15) is 4.79 Å². The number of urea groups is 1. The van der Waals surface area contributed by atoms with E-state index in [2.05, 4.69) is 38.2 Å². The number of nitrogens with zero attached hydrogens (tertiary/aromatic N) is 1. The first-order valence-electron chi connectivity index (χ1n) is 8.32. The monoisotopic (exact) mass is 304 g/mol. The van der Waals surface area contributed by atoms with E-state index in [1.807, 2.05) is 24.0 Å². The number of rotatable bonds is 5. The number of carbonyl (C=O) groups is 1. The van der Waals surface area contributed by atoms with E-state index in [1.165, 1.54) is 5.56 Å². The molecule has 1 aliphatic heterocycles. The van der Waals surface area contributed by atoms with Crippen molar-refractivity contribution in [2.24, 2.45) is 5.92 Å². The number of carbonyl (C=O) groups excluding carboxylic acids is 1. The van der Waals surface area contributed by atoms with Crippen LogP contribution < -0.4 is 10.1 Å². The van der Waals surface area contributed by atoms with Crippen LogP contribution in [0.25, 0.3) is 0 Å². The minimum absolute atomic E-state index is 0.0533. The molecule has 0 bridgehead atoms. The van der Waals surface area contributed by atoms with Gasteiger partial charge in [-0.3, -0.25) is 0 Å². The number of likely N-dealkylation sites (tertiary alicyclic amines) is 1. The van der Waals surface area contributed by atoms with Crippen LogP contribution in [0.3, 0.4) is 0 Å². The van der Waals surface area contributed by atoms with Gasteiger partial charge in [-0.1, -0.05) is 26.0 Å². The highest BCUT2D eigenvalue weighted by atomic mass is 16.5. The molecule has 4 heteroatoms. The molecule has 1 heterocycles. The first-order valence-corrected chi connectivity index (χ1v) is 8.32. The summed E-state index contributed by atoms with van der Waals surface area (Å²) in [6, 6.07) is 8.55. The first kappa shape index (κ1) is 16.7. The van der Waals surface area contributed by atoms with Crippen molar-refractivity contribution in [2.45, 2.75) is 52.6 Å². The van der Waals surface area contributed by atoms with Gasteiger partial charge in [0.05, 0.1) is 12.6 Å². The summed E-state index contributed by atoms with van der Waals surface area (Å²) in [5.41, 5.74) is 1.19. The van der Waals surface area contributed by atoms with E-state index >= 15 is 0 Å². The molecule has 2 atom stereocenters. The maximum absolute atomic E-state index is 12.5. The van der Waals surface area contributed by atoms with Gasteiger partial charge < -0.3 is 15.0 Å². The molecule has 0 radical (unpaired) electrons. The Labute approximate surface area is 133 Å².